The zero-order valence-corrected chi connectivity index (χ0v) is 14.3. The second-order valence-corrected chi connectivity index (χ2v) is 5.92. The van der Waals surface area contributed by atoms with Gasteiger partial charge in [0.2, 0.25) is 0 Å². The number of aromatic nitrogens is 1. The fourth-order valence-corrected chi connectivity index (χ4v) is 2.31. The molecule has 1 N–H and O–H groups in total. The Kier molecular flexibility index (Phi) is 5.89. The molecule has 4 nitrogen and oxygen atoms in total. The van der Waals surface area contributed by atoms with Crippen LogP contribution in [0, 0.1) is 0 Å². The second kappa shape index (κ2) is 7.74. The minimum Gasteiger partial charge on any atom is -0.491 e. The van der Waals surface area contributed by atoms with Crippen molar-refractivity contribution in [3.63, 3.8) is 0 Å². The summed E-state index contributed by atoms with van der Waals surface area (Å²) in [6, 6.07) is 6.43. The number of alkyl halides is 3. The van der Waals surface area contributed by atoms with E-state index >= 15 is 0 Å². The van der Waals surface area contributed by atoms with E-state index in [1.54, 1.807) is 13.8 Å². The van der Waals surface area contributed by atoms with Crippen LogP contribution >= 0.6 is 11.6 Å². The number of rotatable bonds is 5. The van der Waals surface area contributed by atoms with E-state index in [2.05, 4.69) is 10.3 Å². The Hall–Kier alpha value is -2.28. The van der Waals surface area contributed by atoms with Crippen molar-refractivity contribution < 1.29 is 22.7 Å². The van der Waals surface area contributed by atoms with Gasteiger partial charge in [0.05, 0.1) is 11.7 Å². The highest BCUT2D eigenvalue weighted by Crippen LogP contribution is 2.34. The summed E-state index contributed by atoms with van der Waals surface area (Å²) in [5.41, 5.74) is -0.691. The summed E-state index contributed by atoms with van der Waals surface area (Å²) in [6.07, 6.45) is -3.46. The van der Waals surface area contributed by atoms with Gasteiger partial charge in [-0.15, -0.1) is 0 Å². The molecule has 1 aromatic heterocycles. The molecule has 0 fully saturated rings. The third-order valence-corrected chi connectivity index (χ3v) is 3.39. The van der Waals surface area contributed by atoms with E-state index in [-0.39, 0.29) is 34.7 Å². The summed E-state index contributed by atoms with van der Waals surface area (Å²) in [4.78, 5) is 15.8. The molecule has 1 amide bonds. The third kappa shape index (κ3) is 5.35. The molecular formula is C17H16ClF3N2O2. The number of amides is 1. The van der Waals surface area contributed by atoms with Gasteiger partial charge < -0.3 is 10.1 Å². The number of hydrogen-bond donors (Lipinski definition) is 1. The summed E-state index contributed by atoms with van der Waals surface area (Å²) in [5, 5.41) is 2.57. The Balaban J connectivity index is 2.19. The third-order valence-electron chi connectivity index (χ3n) is 3.19. The highest BCUT2D eigenvalue weighted by atomic mass is 35.5. The molecule has 0 aliphatic heterocycles. The molecule has 134 valence electrons. The number of nitrogens with one attached hydrogen (secondary N) is 1. The van der Waals surface area contributed by atoms with Crippen LogP contribution in [0.2, 0.25) is 5.15 Å². The van der Waals surface area contributed by atoms with Gasteiger partial charge in [0.15, 0.2) is 0 Å². The Morgan fingerprint density at radius 3 is 2.60 bits per heavy atom. The maximum atomic E-state index is 13.3. The zero-order valence-electron chi connectivity index (χ0n) is 13.5. The lowest BCUT2D eigenvalue weighted by Gasteiger charge is -2.17. The van der Waals surface area contributed by atoms with Crippen molar-refractivity contribution in [1.29, 1.82) is 0 Å². The molecule has 0 saturated carbocycles. The van der Waals surface area contributed by atoms with Crippen molar-refractivity contribution in [2.45, 2.75) is 32.7 Å². The van der Waals surface area contributed by atoms with E-state index in [1.807, 2.05) is 0 Å². The van der Waals surface area contributed by atoms with Gasteiger partial charge >= 0.3 is 6.18 Å². The fraction of sp³-hybridized carbons (Fsp3) is 0.294. The van der Waals surface area contributed by atoms with Gasteiger partial charge in [-0.2, -0.15) is 13.2 Å². The van der Waals surface area contributed by atoms with Crippen LogP contribution in [0.5, 0.6) is 5.75 Å². The first-order valence-electron chi connectivity index (χ1n) is 7.43. The Morgan fingerprint density at radius 2 is 2.00 bits per heavy atom. The molecule has 0 bridgehead atoms. The number of pyridine rings is 1. The number of carbonyl (C=O) groups is 1. The first-order valence-corrected chi connectivity index (χ1v) is 7.81. The SMILES string of the molecule is CC(C)Oc1ccc(CNC(=O)c2ccnc(Cl)c2)c(C(F)(F)F)c1. The van der Waals surface area contributed by atoms with Crippen molar-refractivity contribution >= 4 is 17.5 Å². The number of carbonyl (C=O) groups excluding carboxylic acids is 1. The second-order valence-electron chi connectivity index (χ2n) is 5.53. The summed E-state index contributed by atoms with van der Waals surface area (Å²) in [7, 11) is 0. The molecule has 0 aliphatic carbocycles. The van der Waals surface area contributed by atoms with Gasteiger partial charge in [0.25, 0.3) is 5.91 Å². The topological polar surface area (TPSA) is 51.2 Å². The number of halogens is 4. The molecule has 25 heavy (non-hydrogen) atoms. The lowest BCUT2D eigenvalue weighted by atomic mass is 10.1. The first kappa shape index (κ1) is 19.1. The van der Waals surface area contributed by atoms with Crippen LogP contribution in [0.1, 0.15) is 35.3 Å². The summed E-state index contributed by atoms with van der Waals surface area (Å²) < 4.78 is 45.1. The van der Waals surface area contributed by atoms with Crippen LogP contribution in [-0.4, -0.2) is 17.0 Å². The number of ether oxygens (including phenoxy) is 1. The van der Waals surface area contributed by atoms with Crippen LogP contribution in [-0.2, 0) is 12.7 Å². The summed E-state index contributed by atoms with van der Waals surface area (Å²) in [6.45, 7) is 3.16. The highest BCUT2D eigenvalue weighted by molar-refractivity contribution is 6.29. The predicted molar refractivity (Wildman–Crippen MR) is 87.6 cm³/mol. The number of hydrogen-bond acceptors (Lipinski definition) is 3. The minimum atomic E-state index is -4.56. The van der Waals surface area contributed by atoms with E-state index in [9.17, 15) is 18.0 Å². The molecule has 0 aliphatic rings. The van der Waals surface area contributed by atoms with E-state index < -0.39 is 17.6 Å². The maximum Gasteiger partial charge on any atom is 0.416 e. The van der Waals surface area contributed by atoms with Gasteiger partial charge in [0.1, 0.15) is 10.9 Å². The van der Waals surface area contributed by atoms with Gasteiger partial charge in [-0.1, -0.05) is 17.7 Å². The molecule has 1 aromatic carbocycles. The Bertz CT molecular complexity index is 764. The quantitative estimate of drug-likeness (QED) is 0.788. The Morgan fingerprint density at radius 1 is 1.28 bits per heavy atom. The van der Waals surface area contributed by atoms with Crippen LogP contribution in [0.25, 0.3) is 0 Å². The molecule has 0 atom stereocenters. The van der Waals surface area contributed by atoms with Gasteiger partial charge in [-0.3, -0.25) is 4.79 Å². The van der Waals surface area contributed by atoms with Gasteiger partial charge in [-0.25, -0.2) is 4.98 Å². The van der Waals surface area contributed by atoms with E-state index in [4.69, 9.17) is 16.3 Å². The van der Waals surface area contributed by atoms with Crippen molar-refractivity contribution in [1.82, 2.24) is 10.3 Å². The van der Waals surface area contributed by atoms with Gasteiger partial charge in [-0.05, 0) is 43.7 Å². The van der Waals surface area contributed by atoms with E-state index in [1.165, 1.54) is 30.5 Å². The number of benzene rings is 1. The molecule has 8 heteroatoms. The number of nitrogens with zero attached hydrogens (tertiary/aromatic N) is 1. The lowest BCUT2D eigenvalue weighted by Crippen LogP contribution is -2.24. The van der Waals surface area contributed by atoms with Gasteiger partial charge in [0, 0.05) is 18.3 Å². The van der Waals surface area contributed by atoms with Crippen molar-refractivity contribution in [2.24, 2.45) is 0 Å². The van der Waals surface area contributed by atoms with Crippen molar-refractivity contribution in [3.05, 3.63) is 58.4 Å². The monoisotopic (exact) mass is 372 g/mol. The fourth-order valence-electron chi connectivity index (χ4n) is 2.14. The first-order chi connectivity index (χ1) is 11.7. The van der Waals surface area contributed by atoms with Crippen molar-refractivity contribution in [3.8, 4) is 5.75 Å². The molecule has 0 radical (unpaired) electrons. The predicted octanol–water partition coefficient (Wildman–Crippen LogP) is 4.47. The van der Waals surface area contributed by atoms with E-state index in [0.29, 0.717) is 0 Å². The van der Waals surface area contributed by atoms with Crippen LogP contribution in [0.4, 0.5) is 13.2 Å². The molecule has 2 rings (SSSR count). The van der Waals surface area contributed by atoms with Crippen LogP contribution in [0.3, 0.4) is 0 Å². The summed E-state index contributed by atoms with van der Waals surface area (Å²) >= 11 is 5.70. The van der Waals surface area contributed by atoms with Crippen molar-refractivity contribution in [2.75, 3.05) is 0 Å². The van der Waals surface area contributed by atoms with E-state index in [0.717, 1.165) is 6.07 Å². The molecule has 0 unspecified atom stereocenters. The lowest BCUT2D eigenvalue weighted by molar-refractivity contribution is -0.138. The molecular weight excluding hydrogens is 357 g/mol. The highest BCUT2D eigenvalue weighted by Gasteiger charge is 2.34. The standard InChI is InChI=1S/C17H16ClF3N2O2/c1-10(2)25-13-4-3-12(14(8-13)17(19,20)21)9-23-16(24)11-5-6-22-15(18)7-11/h3-8,10H,9H2,1-2H3,(H,23,24). The molecule has 0 spiro atoms. The summed E-state index contributed by atoms with van der Waals surface area (Å²) in [5.74, 6) is -0.418. The molecule has 1 heterocycles. The average molecular weight is 373 g/mol. The maximum absolute atomic E-state index is 13.3. The molecule has 2 aromatic rings. The normalized spacial score (nSPS) is 11.5. The smallest absolute Gasteiger partial charge is 0.416 e. The minimum absolute atomic E-state index is 0.0582. The van der Waals surface area contributed by atoms with Crippen LogP contribution in [0.15, 0.2) is 36.5 Å². The van der Waals surface area contributed by atoms with Crippen LogP contribution < -0.4 is 10.1 Å². The zero-order chi connectivity index (χ0) is 18.6. The molecule has 0 saturated heterocycles. The largest absolute Gasteiger partial charge is 0.491 e. The average Bonchev–Trinajstić information content (AvgIpc) is 2.51. The Labute approximate surface area is 148 Å².